The van der Waals surface area contributed by atoms with Crippen molar-refractivity contribution in [3.8, 4) is 0 Å². The summed E-state index contributed by atoms with van der Waals surface area (Å²) in [5, 5.41) is 9.73. The molecule has 7 heteroatoms. The molecule has 1 saturated heterocycles. The van der Waals surface area contributed by atoms with E-state index < -0.39 is 0 Å². The van der Waals surface area contributed by atoms with Crippen LogP contribution in [-0.4, -0.2) is 51.0 Å². The van der Waals surface area contributed by atoms with Crippen LogP contribution in [0.5, 0.6) is 0 Å². The minimum absolute atomic E-state index is 0.101. The number of nitrogens with one attached hydrogen (secondary N) is 2. The van der Waals surface area contributed by atoms with E-state index in [9.17, 15) is 9.59 Å². The summed E-state index contributed by atoms with van der Waals surface area (Å²) in [5.74, 6) is 0.925. The number of aryl methyl sites for hydroxylation is 1. The van der Waals surface area contributed by atoms with Crippen molar-refractivity contribution < 1.29 is 9.59 Å². The first-order valence-electron chi connectivity index (χ1n) is 7.64. The number of H-pyrrole nitrogens is 1. The Kier molecular flexibility index (Phi) is 5.30. The predicted molar refractivity (Wildman–Crippen MR) is 77.7 cm³/mol. The van der Waals surface area contributed by atoms with Crippen LogP contribution in [0.25, 0.3) is 0 Å². The third-order valence-electron chi connectivity index (χ3n) is 3.68. The van der Waals surface area contributed by atoms with Gasteiger partial charge in [-0.25, -0.2) is 4.98 Å². The molecule has 0 spiro atoms. The van der Waals surface area contributed by atoms with Crippen molar-refractivity contribution in [1.82, 2.24) is 25.4 Å². The molecule has 1 fully saturated rings. The Balaban J connectivity index is 1.83. The number of aromatic nitrogens is 3. The third kappa shape index (κ3) is 4.03. The zero-order valence-electron chi connectivity index (χ0n) is 12.7. The summed E-state index contributed by atoms with van der Waals surface area (Å²) in [7, 11) is 0. The molecular formula is C14H23N5O2. The van der Waals surface area contributed by atoms with Crippen molar-refractivity contribution in [3.63, 3.8) is 0 Å². The first-order chi connectivity index (χ1) is 10.1. The van der Waals surface area contributed by atoms with E-state index >= 15 is 0 Å². The number of carbonyl (C=O) groups is 2. The minimum Gasteiger partial charge on any atom is -0.353 e. The highest BCUT2D eigenvalue weighted by molar-refractivity contribution is 5.90. The fraction of sp³-hybridized carbons (Fsp3) is 0.714. The molecule has 2 heterocycles. The van der Waals surface area contributed by atoms with Gasteiger partial charge in [0, 0.05) is 32.0 Å². The van der Waals surface area contributed by atoms with E-state index in [2.05, 4.69) is 20.5 Å². The van der Waals surface area contributed by atoms with Crippen molar-refractivity contribution in [2.75, 3.05) is 13.1 Å². The molecule has 0 radical (unpaired) electrons. The molecule has 1 aromatic rings. The maximum Gasteiger partial charge on any atom is 0.293 e. The second kappa shape index (κ2) is 7.19. The second-order valence-electron chi connectivity index (χ2n) is 5.34. The normalized spacial score (nSPS) is 16.0. The molecule has 7 nitrogen and oxygen atoms in total. The quantitative estimate of drug-likeness (QED) is 0.843. The van der Waals surface area contributed by atoms with E-state index in [0.29, 0.717) is 19.5 Å². The lowest BCUT2D eigenvalue weighted by Crippen LogP contribution is -2.46. The molecule has 21 heavy (non-hydrogen) atoms. The Hall–Kier alpha value is -1.92. The first kappa shape index (κ1) is 15.5. The van der Waals surface area contributed by atoms with Gasteiger partial charge in [0.2, 0.25) is 11.7 Å². The molecule has 0 atom stereocenters. The van der Waals surface area contributed by atoms with Crippen LogP contribution in [0, 0.1) is 0 Å². The fourth-order valence-corrected chi connectivity index (χ4v) is 2.44. The Morgan fingerprint density at radius 3 is 2.62 bits per heavy atom. The number of amides is 2. The van der Waals surface area contributed by atoms with Crippen molar-refractivity contribution in [3.05, 3.63) is 11.6 Å². The summed E-state index contributed by atoms with van der Waals surface area (Å²) < 4.78 is 0. The highest BCUT2D eigenvalue weighted by Crippen LogP contribution is 2.13. The zero-order valence-corrected chi connectivity index (χ0v) is 12.7. The number of piperidine rings is 1. The number of rotatable bonds is 5. The van der Waals surface area contributed by atoms with Crippen LogP contribution < -0.4 is 5.32 Å². The monoisotopic (exact) mass is 293 g/mol. The van der Waals surface area contributed by atoms with Gasteiger partial charge in [-0.3, -0.25) is 14.7 Å². The van der Waals surface area contributed by atoms with Gasteiger partial charge in [-0.2, -0.15) is 0 Å². The SMILES string of the molecule is CCCC(=O)NC1CCN(C(=O)c2n[nH]c(CC)n2)CC1. The predicted octanol–water partition coefficient (Wildman–Crippen LogP) is 0.888. The van der Waals surface area contributed by atoms with E-state index in [-0.39, 0.29) is 23.7 Å². The lowest BCUT2D eigenvalue weighted by molar-refractivity contribution is -0.122. The molecule has 0 bridgehead atoms. The molecule has 2 amide bonds. The van der Waals surface area contributed by atoms with Gasteiger partial charge >= 0.3 is 0 Å². The van der Waals surface area contributed by atoms with Gasteiger partial charge in [-0.05, 0) is 19.3 Å². The molecule has 0 saturated carbocycles. The Morgan fingerprint density at radius 1 is 1.33 bits per heavy atom. The second-order valence-corrected chi connectivity index (χ2v) is 5.34. The summed E-state index contributed by atoms with van der Waals surface area (Å²) in [4.78, 5) is 29.7. The molecule has 1 aromatic heterocycles. The van der Waals surface area contributed by atoms with Crippen LogP contribution in [0.4, 0.5) is 0 Å². The van der Waals surface area contributed by atoms with E-state index in [1.54, 1.807) is 4.90 Å². The summed E-state index contributed by atoms with van der Waals surface area (Å²) in [6, 6.07) is 0.173. The Bertz CT molecular complexity index is 491. The molecule has 0 unspecified atom stereocenters. The summed E-state index contributed by atoms with van der Waals surface area (Å²) in [6.45, 7) is 5.21. The van der Waals surface area contributed by atoms with E-state index in [4.69, 9.17) is 0 Å². The van der Waals surface area contributed by atoms with E-state index in [0.717, 1.165) is 31.5 Å². The third-order valence-corrected chi connectivity index (χ3v) is 3.68. The van der Waals surface area contributed by atoms with E-state index in [1.807, 2.05) is 13.8 Å². The smallest absolute Gasteiger partial charge is 0.293 e. The van der Waals surface area contributed by atoms with Crippen LogP contribution in [0.2, 0.25) is 0 Å². The average Bonchev–Trinajstić information content (AvgIpc) is 2.96. The average molecular weight is 293 g/mol. The first-order valence-corrected chi connectivity index (χ1v) is 7.64. The molecule has 1 aliphatic rings. The maximum absolute atomic E-state index is 12.3. The lowest BCUT2D eigenvalue weighted by atomic mass is 10.0. The fourth-order valence-electron chi connectivity index (χ4n) is 2.44. The molecule has 116 valence electrons. The molecular weight excluding hydrogens is 270 g/mol. The lowest BCUT2D eigenvalue weighted by Gasteiger charge is -2.31. The Morgan fingerprint density at radius 2 is 2.05 bits per heavy atom. The maximum atomic E-state index is 12.3. The highest BCUT2D eigenvalue weighted by atomic mass is 16.2. The number of likely N-dealkylation sites (tertiary alicyclic amines) is 1. The Labute approximate surface area is 124 Å². The van der Waals surface area contributed by atoms with Crippen molar-refractivity contribution in [2.24, 2.45) is 0 Å². The minimum atomic E-state index is -0.135. The van der Waals surface area contributed by atoms with Crippen LogP contribution in [0.15, 0.2) is 0 Å². The van der Waals surface area contributed by atoms with Crippen LogP contribution >= 0.6 is 0 Å². The molecule has 0 aromatic carbocycles. The van der Waals surface area contributed by atoms with Gasteiger partial charge in [0.15, 0.2) is 0 Å². The van der Waals surface area contributed by atoms with Gasteiger partial charge in [-0.15, -0.1) is 5.10 Å². The number of nitrogens with zero attached hydrogens (tertiary/aromatic N) is 3. The number of hydrogen-bond acceptors (Lipinski definition) is 4. The van der Waals surface area contributed by atoms with Gasteiger partial charge in [-0.1, -0.05) is 13.8 Å². The summed E-state index contributed by atoms with van der Waals surface area (Å²) in [6.07, 6.45) is 3.72. The van der Waals surface area contributed by atoms with Crippen molar-refractivity contribution in [1.29, 1.82) is 0 Å². The van der Waals surface area contributed by atoms with Gasteiger partial charge in [0.05, 0.1) is 0 Å². The molecule has 1 aliphatic heterocycles. The number of aromatic amines is 1. The van der Waals surface area contributed by atoms with Gasteiger partial charge in [0.25, 0.3) is 5.91 Å². The summed E-state index contributed by atoms with van der Waals surface area (Å²) >= 11 is 0. The number of carbonyl (C=O) groups excluding carboxylic acids is 2. The zero-order chi connectivity index (χ0) is 15.2. The topological polar surface area (TPSA) is 91.0 Å². The van der Waals surface area contributed by atoms with Crippen LogP contribution in [-0.2, 0) is 11.2 Å². The molecule has 0 aliphatic carbocycles. The number of hydrogen-bond donors (Lipinski definition) is 2. The van der Waals surface area contributed by atoms with Gasteiger partial charge in [0.1, 0.15) is 5.82 Å². The van der Waals surface area contributed by atoms with Crippen molar-refractivity contribution >= 4 is 11.8 Å². The van der Waals surface area contributed by atoms with Crippen LogP contribution in [0.3, 0.4) is 0 Å². The van der Waals surface area contributed by atoms with Crippen LogP contribution in [0.1, 0.15) is 56.0 Å². The summed E-state index contributed by atoms with van der Waals surface area (Å²) in [5.41, 5.74) is 0. The standard InChI is InChI=1S/C14H23N5O2/c1-3-5-12(20)15-10-6-8-19(9-7-10)14(21)13-16-11(4-2)17-18-13/h10H,3-9H2,1-2H3,(H,15,20)(H,16,17,18). The molecule has 2 rings (SSSR count). The largest absolute Gasteiger partial charge is 0.353 e. The van der Waals surface area contributed by atoms with Gasteiger partial charge < -0.3 is 10.2 Å². The van der Waals surface area contributed by atoms with E-state index in [1.165, 1.54) is 0 Å². The molecule has 2 N–H and O–H groups in total. The van der Waals surface area contributed by atoms with Crippen molar-refractivity contribution in [2.45, 2.75) is 52.0 Å². The highest BCUT2D eigenvalue weighted by Gasteiger charge is 2.26.